The highest BCUT2D eigenvalue weighted by atomic mass is 16.6. The van der Waals surface area contributed by atoms with Gasteiger partial charge in [0.2, 0.25) is 0 Å². The van der Waals surface area contributed by atoms with Gasteiger partial charge in [0.05, 0.1) is 19.3 Å². The summed E-state index contributed by atoms with van der Waals surface area (Å²) < 4.78 is 9.86. The van der Waals surface area contributed by atoms with Crippen molar-refractivity contribution < 1.29 is 19.4 Å². The molecule has 4 nitrogen and oxygen atoms in total. The smallest absolute Gasteiger partial charge is 0.334 e. The molecule has 4 heteroatoms. The monoisotopic (exact) mass is 186 g/mol. The molecule has 13 heavy (non-hydrogen) atoms. The maximum atomic E-state index is 11.0. The van der Waals surface area contributed by atoms with E-state index < -0.39 is 18.2 Å². The average Bonchev–Trinajstić information content (AvgIpc) is 2.15. The van der Waals surface area contributed by atoms with Gasteiger partial charge >= 0.3 is 5.97 Å². The summed E-state index contributed by atoms with van der Waals surface area (Å²) in [5.74, 6) is 0.120. The minimum atomic E-state index is -0.609. The summed E-state index contributed by atoms with van der Waals surface area (Å²) in [6, 6.07) is 0. The lowest BCUT2D eigenvalue weighted by Gasteiger charge is -2.25. The van der Waals surface area contributed by atoms with E-state index in [1.807, 2.05) is 6.92 Å². The average molecular weight is 186 g/mol. The Morgan fingerprint density at radius 2 is 2.54 bits per heavy atom. The van der Waals surface area contributed by atoms with Crippen LogP contribution in [0.2, 0.25) is 0 Å². The van der Waals surface area contributed by atoms with E-state index in [1.54, 1.807) is 0 Å². The summed E-state index contributed by atoms with van der Waals surface area (Å²) in [6.07, 6.45) is 1.26. The number of carbonyl (C=O) groups excluding carboxylic acids is 1. The molecule has 0 aromatic rings. The van der Waals surface area contributed by atoms with Crippen molar-refractivity contribution in [2.24, 2.45) is 0 Å². The molecule has 0 aromatic heterocycles. The Morgan fingerprint density at radius 1 is 1.85 bits per heavy atom. The number of aliphatic hydroxyl groups is 1. The maximum Gasteiger partial charge on any atom is 0.334 e. The van der Waals surface area contributed by atoms with Crippen LogP contribution in [0.5, 0.6) is 0 Å². The molecule has 1 heterocycles. The second-order valence-electron chi connectivity index (χ2n) is 2.97. The van der Waals surface area contributed by atoms with E-state index in [9.17, 15) is 9.90 Å². The summed E-state index contributed by atoms with van der Waals surface area (Å²) in [7, 11) is 1.50. The molecule has 1 N–H and O–H groups in total. The van der Waals surface area contributed by atoms with Crippen LogP contribution in [0.1, 0.15) is 19.8 Å². The summed E-state index contributed by atoms with van der Waals surface area (Å²) >= 11 is 0. The number of cyclic esters (lactones) is 1. The van der Waals surface area contributed by atoms with Crippen LogP contribution in [0, 0.1) is 0 Å². The number of ether oxygens (including phenoxy) is 2. The highest BCUT2D eigenvalue weighted by Crippen LogP contribution is 2.19. The van der Waals surface area contributed by atoms with Crippen molar-refractivity contribution in [2.45, 2.75) is 32.0 Å². The van der Waals surface area contributed by atoms with Crippen molar-refractivity contribution >= 4 is 5.97 Å². The van der Waals surface area contributed by atoms with Crippen LogP contribution in [0.4, 0.5) is 0 Å². The molecule has 0 saturated carbocycles. The van der Waals surface area contributed by atoms with Gasteiger partial charge in [-0.05, 0) is 6.42 Å². The molecular weight excluding hydrogens is 172 g/mol. The number of esters is 1. The maximum absolute atomic E-state index is 11.0. The normalized spacial score (nSPS) is 24.7. The van der Waals surface area contributed by atoms with Gasteiger partial charge < -0.3 is 14.6 Å². The highest BCUT2D eigenvalue weighted by Gasteiger charge is 2.27. The zero-order valence-corrected chi connectivity index (χ0v) is 7.82. The standard InChI is InChI=1S/C9H14O4/c1-3-7(10)8-4-6(12-2)5-9(11)13-8/h5,7-8,10H,3-4H2,1-2H3/t7-,8-/m1/s1. The molecule has 0 fully saturated rings. The zero-order valence-electron chi connectivity index (χ0n) is 7.82. The van der Waals surface area contributed by atoms with Crippen LogP contribution in [-0.4, -0.2) is 30.4 Å². The van der Waals surface area contributed by atoms with Crippen LogP contribution >= 0.6 is 0 Å². The topological polar surface area (TPSA) is 55.8 Å². The lowest BCUT2D eigenvalue weighted by molar-refractivity contribution is -0.151. The summed E-state index contributed by atoms with van der Waals surface area (Å²) in [4.78, 5) is 11.0. The number of aliphatic hydroxyl groups excluding tert-OH is 1. The molecule has 74 valence electrons. The molecule has 0 radical (unpaired) electrons. The van der Waals surface area contributed by atoms with Crippen molar-refractivity contribution in [3.63, 3.8) is 0 Å². The third kappa shape index (κ3) is 2.45. The predicted octanol–water partition coefficient (Wildman–Crippen LogP) is 0.603. The largest absolute Gasteiger partial charge is 0.501 e. The summed E-state index contributed by atoms with van der Waals surface area (Å²) in [5.41, 5.74) is 0. The van der Waals surface area contributed by atoms with Crippen LogP contribution in [0.15, 0.2) is 11.8 Å². The Kier molecular flexibility index (Phi) is 3.31. The Hall–Kier alpha value is -1.03. The van der Waals surface area contributed by atoms with Gasteiger partial charge in [-0.1, -0.05) is 6.92 Å². The molecule has 0 unspecified atom stereocenters. The fraction of sp³-hybridized carbons (Fsp3) is 0.667. The number of hydrogen-bond acceptors (Lipinski definition) is 4. The van der Waals surface area contributed by atoms with E-state index in [-0.39, 0.29) is 0 Å². The van der Waals surface area contributed by atoms with Crippen LogP contribution in [-0.2, 0) is 14.3 Å². The quantitative estimate of drug-likeness (QED) is 0.656. The van der Waals surface area contributed by atoms with Crippen LogP contribution < -0.4 is 0 Å². The van der Waals surface area contributed by atoms with Crippen molar-refractivity contribution in [1.29, 1.82) is 0 Å². The second-order valence-corrected chi connectivity index (χ2v) is 2.97. The lowest BCUT2D eigenvalue weighted by atomic mass is 10.1. The lowest BCUT2D eigenvalue weighted by Crippen LogP contribution is -2.33. The van der Waals surface area contributed by atoms with E-state index in [0.29, 0.717) is 18.6 Å². The molecule has 0 aliphatic carbocycles. The van der Waals surface area contributed by atoms with E-state index in [1.165, 1.54) is 13.2 Å². The van der Waals surface area contributed by atoms with Gasteiger partial charge in [-0.3, -0.25) is 0 Å². The van der Waals surface area contributed by atoms with E-state index in [4.69, 9.17) is 9.47 Å². The zero-order chi connectivity index (χ0) is 9.84. The van der Waals surface area contributed by atoms with Crippen molar-refractivity contribution in [1.82, 2.24) is 0 Å². The number of hydrogen-bond donors (Lipinski definition) is 1. The molecule has 0 spiro atoms. The minimum absolute atomic E-state index is 0.444. The van der Waals surface area contributed by atoms with Gasteiger partial charge in [0, 0.05) is 6.42 Å². The third-order valence-electron chi connectivity index (χ3n) is 2.06. The molecular formula is C9H14O4. The molecule has 2 atom stereocenters. The van der Waals surface area contributed by atoms with Gasteiger partial charge in [0.25, 0.3) is 0 Å². The first-order chi connectivity index (χ1) is 6.17. The number of methoxy groups -OCH3 is 1. The van der Waals surface area contributed by atoms with E-state index in [0.717, 1.165) is 0 Å². The SMILES string of the molecule is CC[C@@H](O)[C@H]1CC(OC)=CC(=O)O1. The Balaban J connectivity index is 2.63. The number of carbonyl (C=O) groups is 1. The first-order valence-corrected chi connectivity index (χ1v) is 4.30. The highest BCUT2D eigenvalue weighted by molar-refractivity contribution is 5.83. The third-order valence-corrected chi connectivity index (χ3v) is 2.06. The van der Waals surface area contributed by atoms with Crippen molar-refractivity contribution in [2.75, 3.05) is 7.11 Å². The fourth-order valence-corrected chi connectivity index (χ4v) is 1.23. The van der Waals surface area contributed by atoms with Gasteiger partial charge in [0.15, 0.2) is 0 Å². The first kappa shape index (κ1) is 10.1. The van der Waals surface area contributed by atoms with Gasteiger partial charge in [-0.25, -0.2) is 4.79 Å². The van der Waals surface area contributed by atoms with Crippen LogP contribution in [0.25, 0.3) is 0 Å². The second kappa shape index (κ2) is 4.28. The molecule has 0 amide bonds. The molecule has 0 bridgehead atoms. The van der Waals surface area contributed by atoms with E-state index >= 15 is 0 Å². The summed E-state index contributed by atoms with van der Waals surface area (Å²) in [6.45, 7) is 1.84. The van der Waals surface area contributed by atoms with E-state index in [2.05, 4.69) is 0 Å². The molecule has 0 aromatic carbocycles. The Morgan fingerprint density at radius 3 is 3.08 bits per heavy atom. The number of rotatable bonds is 3. The fourth-order valence-electron chi connectivity index (χ4n) is 1.23. The first-order valence-electron chi connectivity index (χ1n) is 4.30. The summed E-state index contributed by atoms with van der Waals surface area (Å²) in [5, 5.41) is 9.45. The van der Waals surface area contributed by atoms with Gasteiger partial charge in [-0.15, -0.1) is 0 Å². The van der Waals surface area contributed by atoms with Gasteiger partial charge in [-0.2, -0.15) is 0 Å². The van der Waals surface area contributed by atoms with Gasteiger partial charge in [0.1, 0.15) is 11.9 Å². The van der Waals surface area contributed by atoms with Crippen molar-refractivity contribution in [3.8, 4) is 0 Å². The molecule has 1 rings (SSSR count). The Labute approximate surface area is 77.1 Å². The minimum Gasteiger partial charge on any atom is -0.501 e. The molecule has 1 aliphatic heterocycles. The molecule has 1 aliphatic rings. The van der Waals surface area contributed by atoms with Crippen LogP contribution in [0.3, 0.4) is 0 Å². The molecule has 0 saturated heterocycles. The predicted molar refractivity (Wildman–Crippen MR) is 45.9 cm³/mol. The van der Waals surface area contributed by atoms with Crippen molar-refractivity contribution in [3.05, 3.63) is 11.8 Å². The Bertz CT molecular complexity index is 222.